The summed E-state index contributed by atoms with van der Waals surface area (Å²) in [6.07, 6.45) is 0. The van der Waals surface area contributed by atoms with Gasteiger partial charge in [0, 0.05) is 4.70 Å². The first-order valence-corrected chi connectivity index (χ1v) is 5.87. The maximum atomic E-state index is 11.9. The number of ketones is 1. The van der Waals surface area contributed by atoms with Crippen LogP contribution in [-0.2, 0) is 0 Å². The van der Waals surface area contributed by atoms with E-state index in [4.69, 9.17) is 4.74 Å². The molecule has 0 radical (unpaired) electrons. The summed E-state index contributed by atoms with van der Waals surface area (Å²) in [6.45, 7) is 0.327. The number of Topliss-reactive ketones (excluding diaryl/α,β-unsaturated/α-hetero) is 1. The minimum absolute atomic E-state index is 0.0506. The van der Waals surface area contributed by atoms with Crippen molar-refractivity contribution in [3.05, 3.63) is 29.1 Å². The average molecular weight is 235 g/mol. The number of carbonyl (C=O) groups is 1. The van der Waals surface area contributed by atoms with Gasteiger partial charge in [-0.3, -0.25) is 4.79 Å². The minimum atomic E-state index is 0.0506. The Morgan fingerprint density at radius 1 is 1.50 bits per heavy atom. The van der Waals surface area contributed by atoms with Crippen LogP contribution in [0.1, 0.15) is 10.4 Å². The highest BCUT2D eigenvalue weighted by molar-refractivity contribution is 7.17. The van der Waals surface area contributed by atoms with Gasteiger partial charge in [0.05, 0.1) is 19.2 Å². The van der Waals surface area contributed by atoms with Crippen LogP contribution in [-0.4, -0.2) is 26.5 Å². The van der Waals surface area contributed by atoms with E-state index < -0.39 is 0 Å². The van der Waals surface area contributed by atoms with Gasteiger partial charge in [-0.1, -0.05) is 0 Å². The van der Waals surface area contributed by atoms with Crippen molar-refractivity contribution in [1.82, 2.24) is 5.32 Å². The van der Waals surface area contributed by atoms with Gasteiger partial charge in [0.1, 0.15) is 5.75 Å². The molecule has 0 aliphatic heterocycles. The van der Waals surface area contributed by atoms with Crippen LogP contribution >= 0.6 is 11.3 Å². The molecule has 0 saturated carbocycles. The van der Waals surface area contributed by atoms with Gasteiger partial charge >= 0.3 is 0 Å². The molecular weight excluding hydrogens is 222 g/mol. The van der Waals surface area contributed by atoms with Crippen molar-refractivity contribution in [1.29, 1.82) is 0 Å². The highest BCUT2D eigenvalue weighted by Gasteiger charge is 2.13. The van der Waals surface area contributed by atoms with E-state index in [-0.39, 0.29) is 5.78 Å². The summed E-state index contributed by atoms with van der Waals surface area (Å²) in [4.78, 5) is 11.9. The van der Waals surface area contributed by atoms with Gasteiger partial charge < -0.3 is 10.1 Å². The Morgan fingerprint density at radius 3 is 3.00 bits per heavy atom. The topological polar surface area (TPSA) is 38.3 Å². The van der Waals surface area contributed by atoms with Crippen molar-refractivity contribution in [3.8, 4) is 5.75 Å². The quantitative estimate of drug-likeness (QED) is 0.826. The third-order valence-electron chi connectivity index (χ3n) is 2.41. The maximum absolute atomic E-state index is 11.9. The predicted octanol–water partition coefficient (Wildman–Crippen LogP) is 2.31. The summed E-state index contributed by atoms with van der Waals surface area (Å²) in [7, 11) is 3.34. The van der Waals surface area contributed by atoms with Crippen LogP contribution in [0, 0.1) is 0 Å². The van der Waals surface area contributed by atoms with Crippen molar-refractivity contribution in [2.75, 3.05) is 20.7 Å². The minimum Gasteiger partial charge on any atom is -0.496 e. The third-order valence-corrected chi connectivity index (χ3v) is 3.29. The van der Waals surface area contributed by atoms with E-state index in [1.807, 2.05) is 23.6 Å². The second-order valence-electron chi connectivity index (χ2n) is 3.46. The van der Waals surface area contributed by atoms with Gasteiger partial charge in [0.2, 0.25) is 0 Å². The summed E-state index contributed by atoms with van der Waals surface area (Å²) in [5.41, 5.74) is 0.645. The Hall–Kier alpha value is -1.39. The van der Waals surface area contributed by atoms with Crippen LogP contribution in [0.25, 0.3) is 10.1 Å². The highest BCUT2D eigenvalue weighted by atomic mass is 32.1. The monoisotopic (exact) mass is 235 g/mol. The number of benzene rings is 1. The second kappa shape index (κ2) is 4.63. The number of fused-ring (bicyclic) bond motifs is 1. The molecule has 0 unspecified atom stereocenters. The molecule has 0 saturated heterocycles. The zero-order valence-corrected chi connectivity index (χ0v) is 10.1. The van der Waals surface area contributed by atoms with E-state index in [0.717, 1.165) is 10.1 Å². The van der Waals surface area contributed by atoms with Crippen molar-refractivity contribution in [3.63, 3.8) is 0 Å². The first-order chi connectivity index (χ1) is 7.76. The lowest BCUT2D eigenvalue weighted by molar-refractivity contribution is 0.0991. The molecule has 4 heteroatoms. The molecule has 0 aliphatic rings. The summed E-state index contributed by atoms with van der Waals surface area (Å²) in [5, 5.41) is 5.98. The van der Waals surface area contributed by atoms with Crippen LogP contribution in [0.4, 0.5) is 0 Å². The largest absolute Gasteiger partial charge is 0.496 e. The molecule has 2 aromatic rings. The van der Waals surface area contributed by atoms with Crippen molar-refractivity contribution >= 4 is 27.2 Å². The zero-order valence-electron chi connectivity index (χ0n) is 9.24. The molecule has 0 bridgehead atoms. The Morgan fingerprint density at radius 2 is 2.31 bits per heavy atom. The third kappa shape index (κ3) is 1.94. The maximum Gasteiger partial charge on any atom is 0.180 e. The number of hydrogen-bond donors (Lipinski definition) is 1. The van der Waals surface area contributed by atoms with Gasteiger partial charge in [0.15, 0.2) is 5.78 Å². The number of ether oxygens (including phenoxy) is 1. The normalized spacial score (nSPS) is 10.6. The smallest absolute Gasteiger partial charge is 0.180 e. The van der Waals surface area contributed by atoms with Gasteiger partial charge in [-0.05, 0) is 36.0 Å². The Labute approximate surface area is 98.0 Å². The van der Waals surface area contributed by atoms with Gasteiger partial charge in [0.25, 0.3) is 0 Å². The van der Waals surface area contributed by atoms with E-state index in [1.165, 1.54) is 0 Å². The summed E-state index contributed by atoms with van der Waals surface area (Å²) >= 11 is 1.63. The molecule has 0 spiro atoms. The van der Waals surface area contributed by atoms with E-state index in [1.54, 1.807) is 25.5 Å². The summed E-state index contributed by atoms with van der Waals surface area (Å²) in [5.74, 6) is 0.695. The molecule has 16 heavy (non-hydrogen) atoms. The number of carbonyl (C=O) groups excluding carboxylic acids is 1. The lowest BCUT2D eigenvalue weighted by atomic mass is 10.1. The fourth-order valence-electron chi connectivity index (χ4n) is 1.63. The highest BCUT2D eigenvalue weighted by Crippen LogP contribution is 2.29. The van der Waals surface area contributed by atoms with Crippen molar-refractivity contribution in [2.24, 2.45) is 0 Å². The number of methoxy groups -OCH3 is 1. The fraction of sp³-hybridized carbons (Fsp3) is 0.250. The average Bonchev–Trinajstić information content (AvgIpc) is 2.74. The van der Waals surface area contributed by atoms with E-state index in [2.05, 4.69) is 5.32 Å². The Balaban J connectivity index is 2.52. The van der Waals surface area contributed by atoms with E-state index >= 15 is 0 Å². The molecule has 0 aliphatic carbocycles. The summed E-state index contributed by atoms with van der Waals surface area (Å²) < 4.78 is 6.36. The standard InChI is InChI=1S/C12H13NO2S/c1-13-7-10(14)9-6-12-8(3-4-16-12)5-11(9)15-2/h3-6,13H,7H2,1-2H3. The van der Waals surface area contributed by atoms with E-state index in [0.29, 0.717) is 17.9 Å². The van der Waals surface area contributed by atoms with Crippen LogP contribution in [0.5, 0.6) is 5.75 Å². The number of likely N-dealkylation sites (N-methyl/N-ethyl adjacent to an activating group) is 1. The number of nitrogens with one attached hydrogen (secondary N) is 1. The molecular formula is C12H13NO2S. The second-order valence-corrected chi connectivity index (χ2v) is 4.41. The number of hydrogen-bond acceptors (Lipinski definition) is 4. The first-order valence-electron chi connectivity index (χ1n) is 4.99. The molecule has 1 heterocycles. The predicted molar refractivity (Wildman–Crippen MR) is 66.6 cm³/mol. The van der Waals surface area contributed by atoms with Crippen LogP contribution < -0.4 is 10.1 Å². The number of rotatable bonds is 4. The van der Waals surface area contributed by atoms with Crippen LogP contribution in [0.15, 0.2) is 23.6 Å². The lowest BCUT2D eigenvalue weighted by Crippen LogP contribution is -2.19. The van der Waals surface area contributed by atoms with Crippen molar-refractivity contribution in [2.45, 2.75) is 0 Å². The SMILES string of the molecule is CNCC(=O)c1cc2sccc2cc1OC. The Bertz CT molecular complexity index is 519. The van der Waals surface area contributed by atoms with Gasteiger partial charge in [-0.2, -0.15) is 0 Å². The molecule has 2 rings (SSSR count). The molecule has 0 fully saturated rings. The Kier molecular flexibility index (Phi) is 3.22. The number of thiophene rings is 1. The van der Waals surface area contributed by atoms with E-state index in [9.17, 15) is 4.79 Å². The van der Waals surface area contributed by atoms with Crippen LogP contribution in [0.3, 0.4) is 0 Å². The first kappa shape index (κ1) is 11.1. The molecule has 0 amide bonds. The lowest BCUT2D eigenvalue weighted by Gasteiger charge is -2.07. The molecule has 3 nitrogen and oxygen atoms in total. The molecule has 0 atom stereocenters. The van der Waals surface area contributed by atoms with Crippen LogP contribution in [0.2, 0.25) is 0 Å². The van der Waals surface area contributed by atoms with Gasteiger partial charge in [-0.25, -0.2) is 0 Å². The molecule has 84 valence electrons. The van der Waals surface area contributed by atoms with Crippen molar-refractivity contribution < 1.29 is 9.53 Å². The zero-order chi connectivity index (χ0) is 11.5. The molecule has 1 aromatic carbocycles. The fourth-order valence-corrected chi connectivity index (χ4v) is 2.44. The summed E-state index contributed by atoms with van der Waals surface area (Å²) in [6, 6.07) is 5.84. The van der Waals surface area contributed by atoms with Gasteiger partial charge in [-0.15, -0.1) is 11.3 Å². The molecule has 1 N–H and O–H groups in total. The molecule has 1 aromatic heterocycles.